The summed E-state index contributed by atoms with van der Waals surface area (Å²) in [6.45, 7) is 1.45. The molecule has 2 aromatic rings. The fraction of sp³-hybridized carbons (Fsp3) is 0.133. The van der Waals surface area contributed by atoms with Crippen molar-refractivity contribution in [2.75, 3.05) is 7.11 Å². The van der Waals surface area contributed by atoms with Gasteiger partial charge in [0.15, 0.2) is 17.3 Å². The first-order chi connectivity index (χ1) is 9.61. The first-order valence-corrected chi connectivity index (χ1v) is 5.93. The van der Waals surface area contributed by atoms with Crippen molar-refractivity contribution in [2.45, 2.75) is 6.92 Å². The minimum absolute atomic E-state index is 0.0894. The number of esters is 1. The van der Waals surface area contributed by atoms with E-state index in [4.69, 9.17) is 9.47 Å². The number of rotatable bonds is 4. The largest absolute Gasteiger partial charge is 0.493 e. The van der Waals surface area contributed by atoms with Gasteiger partial charge < -0.3 is 9.47 Å². The maximum atomic E-state index is 11.9. The molecule has 0 atom stereocenters. The highest BCUT2D eigenvalue weighted by atomic mass is 16.6. The molecule has 1 aromatic heterocycles. The Hall–Kier alpha value is -2.69. The number of nitrogens with zero attached hydrogens (tertiary/aromatic N) is 1. The molecule has 5 heteroatoms. The molecule has 0 fully saturated rings. The summed E-state index contributed by atoms with van der Waals surface area (Å²) < 4.78 is 10.4. The Morgan fingerprint density at radius 1 is 1.10 bits per heavy atom. The lowest BCUT2D eigenvalue weighted by molar-refractivity contribution is 0.0729. The van der Waals surface area contributed by atoms with Crippen LogP contribution in [-0.4, -0.2) is 23.8 Å². The van der Waals surface area contributed by atoms with E-state index >= 15 is 0 Å². The number of hydrogen-bond acceptors (Lipinski definition) is 5. The number of carbonyl (C=O) groups excluding carboxylic acids is 2. The van der Waals surface area contributed by atoms with Crippen LogP contribution in [0.3, 0.4) is 0 Å². The molecule has 0 saturated carbocycles. The van der Waals surface area contributed by atoms with Gasteiger partial charge in [-0.1, -0.05) is 0 Å². The summed E-state index contributed by atoms with van der Waals surface area (Å²) >= 11 is 0. The van der Waals surface area contributed by atoms with Crippen LogP contribution < -0.4 is 9.47 Å². The first kappa shape index (κ1) is 13.7. The number of ketones is 1. The summed E-state index contributed by atoms with van der Waals surface area (Å²) in [5.74, 6) is -0.0401. The summed E-state index contributed by atoms with van der Waals surface area (Å²) in [5, 5.41) is 0. The lowest BCUT2D eigenvalue weighted by Gasteiger charge is -2.10. The molecule has 0 aliphatic carbocycles. The molecule has 0 amide bonds. The van der Waals surface area contributed by atoms with Crippen molar-refractivity contribution >= 4 is 11.8 Å². The predicted octanol–water partition coefficient (Wildman–Crippen LogP) is 2.51. The molecular weight excluding hydrogens is 258 g/mol. The normalized spacial score (nSPS) is 9.90. The zero-order chi connectivity index (χ0) is 14.5. The molecular formula is C15H13NO4. The molecule has 2 rings (SSSR count). The van der Waals surface area contributed by atoms with E-state index < -0.39 is 5.97 Å². The number of benzene rings is 1. The summed E-state index contributed by atoms with van der Waals surface area (Å²) in [7, 11) is 1.45. The molecule has 102 valence electrons. The Morgan fingerprint density at radius 2 is 1.90 bits per heavy atom. The van der Waals surface area contributed by atoms with E-state index in [1.54, 1.807) is 24.4 Å². The third-order valence-corrected chi connectivity index (χ3v) is 2.67. The lowest BCUT2D eigenvalue weighted by atomic mass is 10.1. The number of carbonyl (C=O) groups is 2. The van der Waals surface area contributed by atoms with Crippen LogP contribution in [0, 0.1) is 0 Å². The fourth-order valence-electron chi connectivity index (χ4n) is 1.61. The lowest BCUT2D eigenvalue weighted by Crippen LogP contribution is -2.09. The van der Waals surface area contributed by atoms with E-state index in [1.807, 2.05) is 0 Å². The van der Waals surface area contributed by atoms with Crippen LogP contribution in [0.15, 0.2) is 42.7 Å². The second-order valence-corrected chi connectivity index (χ2v) is 4.05. The minimum atomic E-state index is -0.535. The van der Waals surface area contributed by atoms with Crippen molar-refractivity contribution in [3.8, 4) is 11.5 Å². The average Bonchev–Trinajstić information content (AvgIpc) is 2.48. The Labute approximate surface area is 116 Å². The van der Waals surface area contributed by atoms with Crippen LogP contribution in [-0.2, 0) is 0 Å². The highest BCUT2D eigenvalue weighted by Gasteiger charge is 2.13. The van der Waals surface area contributed by atoms with Gasteiger partial charge >= 0.3 is 5.97 Å². The maximum absolute atomic E-state index is 11.9. The number of Topliss-reactive ketones (excluding diaryl/α,β-unsaturated/α-hetero) is 1. The summed E-state index contributed by atoms with van der Waals surface area (Å²) in [5.41, 5.74) is 0.827. The molecule has 0 N–H and O–H groups in total. The van der Waals surface area contributed by atoms with Crippen LogP contribution in [0.25, 0.3) is 0 Å². The van der Waals surface area contributed by atoms with Crippen molar-refractivity contribution in [2.24, 2.45) is 0 Å². The SMILES string of the molecule is COc1cc(C(C)=O)ccc1OC(=O)c1cccnc1. The summed E-state index contributed by atoms with van der Waals surface area (Å²) in [6.07, 6.45) is 2.98. The van der Waals surface area contributed by atoms with Crippen LogP contribution >= 0.6 is 0 Å². The van der Waals surface area contributed by atoms with Crippen LogP contribution in [0.2, 0.25) is 0 Å². The van der Waals surface area contributed by atoms with Gasteiger partial charge in [-0.25, -0.2) is 4.79 Å². The molecule has 20 heavy (non-hydrogen) atoms. The Kier molecular flexibility index (Phi) is 4.10. The molecule has 0 bridgehead atoms. The second-order valence-electron chi connectivity index (χ2n) is 4.05. The van der Waals surface area contributed by atoms with E-state index in [0.29, 0.717) is 16.9 Å². The average molecular weight is 271 g/mol. The number of hydrogen-bond donors (Lipinski definition) is 0. The monoisotopic (exact) mass is 271 g/mol. The molecule has 0 aliphatic heterocycles. The van der Waals surface area contributed by atoms with E-state index in [1.165, 1.54) is 32.4 Å². The van der Waals surface area contributed by atoms with E-state index in [0.717, 1.165) is 0 Å². The fourth-order valence-corrected chi connectivity index (χ4v) is 1.61. The standard InChI is InChI=1S/C15H13NO4/c1-10(17)11-5-6-13(14(8-11)19-2)20-15(18)12-4-3-7-16-9-12/h3-9H,1-2H3. The third kappa shape index (κ3) is 3.00. The molecule has 0 aliphatic rings. The molecule has 0 unspecified atom stereocenters. The van der Waals surface area contributed by atoms with Gasteiger partial charge in [0, 0.05) is 18.0 Å². The van der Waals surface area contributed by atoms with E-state index in [9.17, 15) is 9.59 Å². The zero-order valence-corrected chi connectivity index (χ0v) is 11.1. The van der Waals surface area contributed by atoms with Gasteiger partial charge in [-0.2, -0.15) is 0 Å². The van der Waals surface area contributed by atoms with Crippen molar-refractivity contribution in [1.29, 1.82) is 0 Å². The Balaban J connectivity index is 2.25. The predicted molar refractivity (Wildman–Crippen MR) is 72.2 cm³/mol. The van der Waals surface area contributed by atoms with Crippen LogP contribution in [0.5, 0.6) is 11.5 Å². The number of methoxy groups -OCH3 is 1. The topological polar surface area (TPSA) is 65.5 Å². The number of aromatic nitrogens is 1. The van der Waals surface area contributed by atoms with Gasteiger partial charge in [-0.05, 0) is 37.3 Å². The minimum Gasteiger partial charge on any atom is -0.493 e. The number of ether oxygens (including phenoxy) is 2. The highest BCUT2D eigenvalue weighted by molar-refractivity contribution is 5.95. The molecule has 1 aromatic carbocycles. The third-order valence-electron chi connectivity index (χ3n) is 2.67. The molecule has 0 saturated heterocycles. The Morgan fingerprint density at radius 3 is 2.50 bits per heavy atom. The molecule has 0 radical (unpaired) electrons. The smallest absolute Gasteiger partial charge is 0.345 e. The van der Waals surface area contributed by atoms with Gasteiger partial charge in [0.1, 0.15) is 0 Å². The Bertz CT molecular complexity index is 638. The molecule has 5 nitrogen and oxygen atoms in total. The molecule has 1 heterocycles. The van der Waals surface area contributed by atoms with Gasteiger partial charge in [-0.15, -0.1) is 0 Å². The summed E-state index contributed by atoms with van der Waals surface area (Å²) in [4.78, 5) is 27.1. The zero-order valence-electron chi connectivity index (χ0n) is 11.1. The number of pyridine rings is 1. The quantitative estimate of drug-likeness (QED) is 0.485. The van der Waals surface area contributed by atoms with Gasteiger partial charge in [-0.3, -0.25) is 9.78 Å². The van der Waals surface area contributed by atoms with E-state index in [-0.39, 0.29) is 11.5 Å². The van der Waals surface area contributed by atoms with Crippen molar-refractivity contribution in [3.05, 3.63) is 53.9 Å². The van der Waals surface area contributed by atoms with Crippen LogP contribution in [0.4, 0.5) is 0 Å². The van der Waals surface area contributed by atoms with Gasteiger partial charge in [0.05, 0.1) is 12.7 Å². The van der Waals surface area contributed by atoms with Crippen molar-refractivity contribution < 1.29 is 19.1 Å². The maximum Gasteiger partial charge on any atom is 0.345 e. The van der Waals surface area contributed by atoms with Crippen molar-refractivity contribution in [3.63, 3.8) is 0 Å². The van der Waals surface area contributed by atoms with Crippen LogP contribution in [0.1, 0.15) is 27.6 Å². The molecule has 0 spiro atoms. The van der Waals surface area contributed by atoms with E-state index in [2.05, 4.69) is 4.98 Å². The first-order valence-electron chi connectivity index (χ1n) is 5.93. The van der Waals surface area contributed by atoms with Crippen molar-refractivity contribution in [1.82, 2.24) is 4.98 Å². The van der Waals surface area contributed by atoms with Gasteiger partial charge in [0.2, 0.25) is 0 Å². The highest BCUT2D eigenvalue weighted by Crippen LogP contribution is 2.28. The summed E-state index contributed by atoms with van der Waals surface area (Å²) in [6, 6.07) is 7.90. The second kappa shape index (κ2) is 5.97. The van der Waals surface area contributed by atoms with Gasteiger partial charge in [0.25, 0.3) is 0 Å².